The highest BCUT2D eigenvalue weighted by Crippen LogP contribution is 2.03. The molecular weight excluding hydrogens is 168 g/mol. The molecular formula is C9H18N2O2. The van der Waals surface area contributed by atoms with Crippen molar-refractivity contribution in [3.63, 3.8) is 0 Å². The molecule has 0 radical (unpaired) electrons. The maximum atomic E-state index is 7.84. The van der Waals surface area contributed by atoms with Gasteiger partial charge in [0.2, 0.25) is 0 Å². The molecule has 0 amide bonds. The van der Waals surface area contributed by atoms with Gasteiger partial charge in [0.1, 0.15) is 11.9 Å². The maximum Gasteiger partial charge on any atom is 0.125 e. The third-order valence-corrected chi connectivity index (χ3v) is 2.15. The van der Waals surface area contributed by atoms with Crippen molar-refractivity contribution >= 4 is 5.84 Å². The molecule has 0 aromatic rings. The second kappa shape index (κ2) is 5.19. The first-order valence-corrected chi connectivity index (χ1v) is 4.78. The third kappa shape index (κ3) is 2.97. The lowest BCUT2D eigenvalue weighted by molar-refractivity contribution is 0.0548. The van der Waals surface area contributed by atoms with Gasteiger partial charge < -0.3 is 14.4 Å². The molecule has 0 spiro atoms. The second-order valence-corrected chi connectivity index (χ2v) is 3.08. The van der Waals surface area contributed by atoms with Gasteiger partial charge in [0.15, 0.2) is 0 Å². The summed E-state index contributed by atoms with van der Waals surface area (Å²) in [7, 11) is 0. The fourth-order valence-corrected chi connectivity index (χ4v) is 1.39. The fourth-order valence-electron chi connectivity index (χ4n) is 1.39. The molecule has 13 heavy (non-hydrogen) atoms. The van der Waals surface area contributed by atoms with Crippen LogP contribution < -0.4 is 0 Å². The summed E-state index contributed by atoms with van der Waals surface area (Å²) in [5, 5.41) is 7.84. The molecule has 0 aliphatic carbocycles. The largest absolute Gasteiger partial charge is 0.378 e. The van der Waals surface area contributed by atoms with E-state index in [0.29, 0.717) is 12.4 Å². The Kier molecular flexibility index (Phi) is 4.18. The molecule has 4 nitrogen and oxygen atoms in total. The third-order valence-electron chi connectivity index (χ3n) is 2.15. The molecule has 1 atom stereocenters. The average molecular weight is 186 g/mol. The molecule has 1 heterocycles. The highest BCUT2D eigenvalue weighted by Gasteiger charge is 2.18. The zero-order valence-corrected chi connectivity index (χ0v) is 8.38. The van der Waals surface area contributed by atoms with Gasteiger partial charge in [-0.15, -0.1) is 0 Å². The Morgan fingerprint density at radius 1 is 1.54 bits per heavy atom. The van der Waals surface area contributed by atoms with Crippen LogP contribution >= 0.6 is 0 Å². The second-order valence-electron chi connectivity index (χ2n) is 3.08. The molecule has 0 saturated carbocycles. The van der Waals surface area contributed by atoms with Crippen LogP contribution in [0.1, 0.15) is 13.8 Å². The van der Waals surface area contributed by atoms with Gasteiger partial charge in [-0.1, -0.05) is 0 Å². The van der Waals surface area contributed by atoms with Gasteiger partial charge in [-0.3, -0.25) is 5.41 Å². The number of hydrogen-bond donors (Lipinski definition) is 1. The Bertz CT molecular complexity index is 167. The SMILES string of the molecule is CCOC(C)C(=N)N1CCOCC1. The summed E-state index contributed by atoms with van der Waals surface area (Å²) in [5.74, 6) is 0.574. The van der Waals surface area contributed by atoms with Gasteiger partial charge in [-0.25, -0.2) is 0 Å². The highest BCUT2D eigenvalue weighted by molar-refractivity contribution is 5.83. The van der Waals surface area contributed by atoms with Crippen LogP contribution in [0.15, 0.2) is 0 Å². The highest BCUT2D eigenvalue weighted by atomic mass is 16.5. The van der Waals surface area contributed by atoms with Crippen molar-refractivity contribution in [3.8, 4) is 0 Å². The Morgan fingerprint density at radius 2 is 2.15 bits per heavy atom. The van der Waals surface area contributed by atoms with E-state index in [1.807, 2.05) is 18.7 Å². The fraction of sp³-hybridized carbons (Fsp3) is 0.889. The molecule has 1 fully saturated rings. The minimum atomic E-state index is -0.0944. The van der Waals surface area contributed by atoms with E-state index < -0.39 is 0 Å². The minimum Gasteiger partial charge on any atom is -0.378 e. The topological polar surface area (TPSA) is 45.5 Å². The van der Waals surface area contributed by atoms with E-state index in [9.17, 15) is 0 Å². The Balaban J connectivity index is 2.36. The smallest absolute Gasteiger partial charge is 0.125 e. The van der Waals surface area contributed by atoms with E-state index in [4.69, 9.17) is 14.9 Å². The van der Waals surface area contributed by atoms with Crippen molar-refractivity contribution in [2.45, 2.75) is 20.0 Å². The molecule has 4 heteroatoms. The van der Waals surface area contributed by atoms with Gasteiger partial charge in [0, 0.05) is 19.7 Å². The first kappa shape index (κ1) is 10.5. The van der Waals surface area contributed by atoms with Crippen molar-refractivity contribution in [1.29, 1.82) is 5.41 Å². The number of nitrogens with one attached hydrogen (secondary N) is 1. The van der Waals surface area contributed by atoms with Crippen LogP contribution in [0.3, 0.4) is 0 Å². The molecule has 76 valence electrons. The van der Waals surface area contributed by atoms with E-state index in [-0.39, 0.29) is 6.10 Å². The number of amidine groups is 1. The standard InChI is InChI=1S/C9H18N2O2/c1-3-13-8(2)9(10)11-4-6-12-7-5-11/h8,10H,3-7H2,1-2H3. The van der Waals surface area contributed by atoms with Crippen molar-refractivity contribution in [1.82, 2.24) is 4.90 Å². The predicted octanol–water partition coefficient (Wildman–Crippen LogP) is 0.721. The summed E-state index contributed by atoms with van der Waals surface area (Å²) in [6.45, 7) is 7.60. The molecule has 0 bridgehead atoms. The van der Waals surface area contributed by atoms with Gasteiger partial charge in [-0.2, -0.15) is 0 Å². The summed E-state index contributed by atoms with van der Waals surface area (Å²) < 4.78 is 10.6. The average Bonchev–Trinajstić information content (AvgIpc) is 2.18. The number of ether oxygens (including phenoxy) is 2. The summed E-state index contributed by atoms with van der Waals surface area (Å²) in [4.78, 5) is 2.02. The summed E-state index contributed by atoms with van der Waals surface area (Å²) in [6.07, 6.45) is -0.0944. The van der Waals surface area contributed by atoms with Crippen LogP contribution in [-0.4, -0.2) is 49.7 Å². The Hall–Kier alpha value is -0.610. The van der Waals surface area contributed by atoms with Crippen LogP contribution in [0.4, 0.5) is 0 Å². The monoisotopic (exact) mass is 186 g/mol. The van der Waals surface area contributed by atoms with Crippen molar-refractivity contribution in [3.05, 3.63) is 0 Å². The van der Waals surface area contributed by atoms with Crippen LogP contribution in [0.5, 0.6) is 0 Å². The number of morpholine rings is 1. The lowest BCUT2D eigenvalue weighted by atomic mass is 10.3. The zero-order chi connectivity index (χ0) is 9.68. The van der Waals surface area contributed by atoms with E-state index in [1.165, 1.54) is 0 Å². The molecule has 1 saturated heterocycles. The quantitative estimate of drug-likeness (QED) is 0.522. The first-order chi connectivity index (χ1) is 6.25. The predicted molar refractivity (Wildman–Crippen MR) is 51.2 cm³/mol. The molecule has 1 unspecified atom stereocenters. The number of nitrogens with zero attached hydrogens (tertiary/aromatic N) is 1. The van der Waals surface area contributed by atoms with E-state index in [1.54, 1.807) is 0 Å². The lowest BCUT2D eigenvalue weighted by Crippen LogP contribution is -2.45. The number of hydrogen-bond acceptors (Lipinski definition) is 3. The van der Waals surface area contributed by atoms with Gasteiger partial charge >= 0.3 is 0 Å². The Morgan fingerprint density at radius 3 is 2.69 bits per heavy atom. The lowest BCUT2D eigenvalue weighted by Gasteiger charge is -2.31. The summed E-state index contributed by atoms with van der Waals surface area (Å²) in [6, 6.07) is 0. The van der Waals surface area contributed by atoms with Crippen LogP contribution in [0.2, 0.25) is 0 Å². The summed E-state index contributed by atoms with van der Waals surface area (Å²) >= 11 is 0. The minimum absolute atomic E-state index is 0.0944. The van der Waals surface area contributed by atoms with Gasteiger partial charge in [-0.05, 0) is 13.8 Å². The molecule has 1 aliphatic rings. The number of rotatable bonds is 3. The molecule has 1 rings (SSSR count). The van der Waals surface area contributed by atoms with Crippen molar-refractivity contribution in [2.75, 3.05) is 32.9 Å². The molecule has 1 N–H and O–H groups in total. The van der Waals surface area contributed by atoms with Crippen LogP contribution in [0.25, 0.3) is 0 Å². The normalized spacial score (nSPS) is 20.0. The van der Waals surface area contributed by atoms with Gasteiger partial charge in [0.05, 0.1) is 13.2 Å². The summed E-state index contributed by atoms with van der Waals surface area (Å²) in [5.41, 5.74) is 0. The van der Waals surface area contributed by atoms with Gasteiger partial charge in [0.25, 0.3) is 0 Å². The van der Waals surface area contributed by atoms with E-state index >= 15 is 0 Å². The zero-order valence-electron chi connectivity index (χ0n) is 8.38. The van der Waals surface area contributed by atoms with E-state index in [2.05, 4.69) is 0 Å². The van der Waals surface area contributed by atoms with Crippen LogP contribution in [0, 0.1) is 5.41 Å². The molecule has 1 aliphatic heterocycles. The van der Waals surface area contributed by atoms with Crippen molar-refractivity contribution < 1.29 is 9.47 Å². The molecule has 0 aromatic heterocycles. The molecule has 0 aromatic carbocycles. The Labute approximate surface area is 79.3 Å². The van der Waals surface area contributed by atoms with Crippen LogP contribution in [-0.2, 0) is 9.47 Å². The maximum absolute atomic E-state index is 7.84. The van der Waals surface area contributed by atoms with E-state index in [0.717, 1.165) is 26.3 Å². The first-order valence-electron chi connectivity index (χ1n) is 4.78. The van der Waals surface area contributed by atoms with Crippen molar-refractivity contribution in [2.24, 2.45) is 0 Å².